The molecule has 6 heteroatoms. The highest BCUT2D eigenvalue weighted by atomic mass is 16.6. The Balaban J connectivity index is 1.80. The Bertz CT molecular complexity index is 821. The van der Waals surface area contributed by atoms with Gasteiger partial charge in [0.1, 0.15) is 6.61 Å². The SMILES string of the molecule is CCN(CC)CCN(Cc1ccccc1)C(=O)c1cccc(N2CCOC2=O)c1. The van der Waals surface area contributed by atoms with Crippen molar-refractivity contribution in [3.05, 3.63) is 65.7 Å². The van der Waals surface area contributed by atoms with E-state index in [0.29, 0.717) is 37.5 Å². The largest absolute Gasteiger partial charge is 0.447 e. The molecule has 1 heterocycles. The maximum absolute atomic E-state index is 13.4. The van der Waals surface area contributed by atoms with E-state index in [9.17, 15) is 9.59 Å². The molecule has 2 aromatic carbocycles. The summed E-state index contributed by atoms with van der Waals surface area (Å²) >= 11 is 0. The number of hydrogen-bond donors (Lipinski definition) is 0. The lowest BCUT2D eigenvalue weighted by Gasteiger charge is -2.27. The molecule has 0 atom stereocenters. The van der Waals surface area contributed by atoms with Crippen LogP contribution in [0.1, 0.15) is 29.8 Å². The van der Waals surface area contributed by atoms with Crippen molar-refractivity contribution >= 4 is 17.7 Å². The second-order valence-corrected chi connectivity index (χ2v) is 7.06. The predicted molar refractivity (Wildman–Crippen MR) is 114 cm³/mol. The Morgan fingerprint density at radius 3 is 2.45 bits per heavy atom. The van der Waals surface area contributed by atoms with Gasteiger partial charge in [-0.05, 0) is 36.9 Å². The molecule has 0 bridgehead atoms. The van der Waals surface area contributed by atoms with E-state index in [1.165, 1.54) is 0 Å². The van der Waals surface area contributed by atoms with E-state index in [2.05, 4.69) is 18.7 Å². The Labute approximate surface area is 172 Å². The number of likely N-dealkylation sites (N-methyl/N-ethyl adjacent to an activating group) is 1. The highest BCUT2D eigenvalue weighted by Crippen LogP contribution is 2.21. The first-order valence-corrected chi connectivity index (χ1v) is 10.2. The van der Waals surface area contributed by atoms with E-state index in [1.54, 1.807) is 11.0 Å². The summed E-state index contributed by atoms with van der Waals surface area (Å²) in [5.74, 6) is -0.0320. The van der Waals surface area contributed by atoms with Gasteiger partial charge >= 0.3 is 6.09 Å². The number of benzene rings is 2. The number of ether oxygens (including phenoxy) is 1. The maximum Gasteiger partial charge on any atom is 0.414 e. The van der Waals surface area contributed by atoms with Crippen LogP contribution >= 0.6 is 0 Å². The van der Waals surface area contributed by atoms with E-state index in [1.807, 2.05) is 53.4 Å². The first-order chi connectivity index (χ1) is 14.1. The van der Waals surface area contributed by atoms with Crippen LogP contribution in [0.2, 0.25) is 0 Å². The van der Waals surface area contributed by atoms with Crippen molar-refractivity contribution in [2.75, 3.05) is 44.2 Å². The van der Waals surface area contributed by atoms with E-state index in [4.69, 9.17) is 4.74 Å². The van der Waals surface area contributed by atoms with Gasteiger partial charge < -0.3 is 14.5 Å². The van der Waals surface area contributed by atoms with Gasteiger partial charge in [0.05, 0.1) is 6.54 Å². The Morgan fingerprint density at radius 1 is 1.03 bits per heavy atom. The van der Waals surface area contributed by atoms with E-state index in [-0.39, 0.29) is 12.0 Å². The first-order valence-electron chi connectivity index (χ1n) is 10.2. The smallest absolute Gasteiger partial charge is 0.414 e. The van der Waals surface area contributed by atoms with Gasteiger partial charge in [-0.15, -0.1) is 0 Å². The summed E-state index contributed by atoms with van der Waals surface area (Å²) in [4.78, 5) is 31.0. The number of carbonyl (C=O) groups is 2. The number of anilines is 1. The molecule has 0 spiro atoms. The molecule has 29 heavy (non-hydrogen) atoms. The fourth-order valence-electron chi connectivity index (χ4n) is 3.48. The molecular formula is C23H29N3O3. The zero-order valence-corrected chi connectivity index (χ0v) is 17.2. The molecule has 0 unspecified atom stereocenters. The van der Waals surface area contributed by atoms with Crippen molar-refractivity contribution in [2.24, 2.45) is 0 Å². The summed E-state index contributed by atoms with van der Waals surface area (Å²) in [5.41, 5.74) is 2.37. The Morgan fingerprint density at radius 2 is 1.79 bits per heavy atom. The van der Waals surface area contributed by atoms with Crippen LogP contribution in [0.25, 0.3) is 0 Å². The van der Waals surface area contributed by atoms with Gasteiger partial charge in [0.25, 0.3) is 5.91 Å². The molecule has 1 aliphatic heterocycles. The minimum atomic E-state index is -0.364. The molecule has 2 amide bonds. The van der Waals surface area contributed by atoms with Crippen LogP contribution in [0.4, 0.5) is 10.5 Å². The van der Waals surface area contributed by atoms with Crippen LogP contribution in [0, 0.1) is 0 Å². The van der Waals surface area contributed by atoms with Gasteiger partial charge in [0.2, 0.25) is 0 Å². The summed E-state index contributed by atoms with van der Waals surface area (Å²) < 4.78 is 5.02. The van der Waals surface area contributed by atoms with Crippen molar-refractivity contribution in [1.29, 1.82) is 0 Å². The number of amides is 2. The van der Waals surface area contributed by atoms with Gasteiger partial charge in [-0.25, -0.2) is 4.79 Å². The molecule has 0 saturated carbocycles. The summed E-state index contributed by atoms with van der Waals surface area (Å²) in [6.07, 6.45) is -0.364. The lowest BCUT2D eigenvalue weighted by Crippen LogP contribution is -2.38. The molecule has 1 aliphatic rings. The summed E-state index contributed by atoms with van der Waals surface area (Å²) in [6.45, 7) is 9.07. The maximum atomic E-state index is 13.4. The molecule has 0 N–H and O–H groups in total. The minimum absolute atomic E-state index is 0.0320. The summed E-state index contributed by atoms with van der Waals surface area (Å²) in [5, 5.41) is 0. The van der Waals surface area contributed by atoms with Crippen molar-refractivity contribution in [3.8, 4) is 0 Å². The van der Waals surface area contributed by atoms with Crippen molar-refractivity contribution in [3.63, 3.8) is 0 Å². The fourth-order valence-corrected chi connectivity index (χ4v) is 3.48. The highest BCUT2D eigenvalue weighted by Gasteiger charge is 2.25. The standard InChI is InChI=1S/C23H29N3O3/c1-3-24(4-2)13-14-25(18-19-9-6-5-7-10-19)22(27)20-11-8-12-21(17-20)26-15-16-29-23(26)28/h5-12,17H,3-4,13-16,18H2,1-2H3. The molecule has 3 rings (SSSR count). The number of hydrogen-bond acceptors (Lipinski definition) is 4. The van der Waals surface area contributed by atoms with Crippen LogP contribution in [-0.4, -0.2) is 61.1 Å². The zero-order chi connectivity index (χ0) is 20.6. The van der Waals surface area contributed by atoms with Crippen LogP contribution in [0.5, 0.6) is 0 Å². The topological polar surface area (TPSA) is 53.1 Å². The zero-order valence-electron chi connectivity index (χ0n) is 17.2. The molecular weight excluding hydrogens is 366 g/mol. The third-order valence-electron chi connectivity index (χ3n) is 5.25. The normalized spacial score (nSPS) is 13.6. The molecule has 1 saturated heterocycles. The molecule has 6 nitrogen and oxygen atoms in total. The van der Waals surface area contributed by atoms with Crippen LogP contribution < -0.4 is 4.90 Å². The summed E-state index contributed by atoms with van der Waals surface area (Å²) in [7, 11) is 0. The quantitative estimate of drug-likeness (QED) is 0.651. The molecule has 0 aliphatic carbocycles. The average Bonchev–Trinajstić information content (AvgIpc) is 3.20. The third kappa shape index (κ3) is 5.35. The van der Waals surface area contributed by atoms with Crippen LogP contribution in [0.15, 0.2) is 54.6 Å². The molecule has 0 radical (unpaired) electrons. The lowest BCUT2D eigenvalue weighted by atomic mass is 10.1. The van der Waals surface area contributed by atoms with Crippen molar-refractivity contribution < 1.29 is 14.3 Å². The van der Waals surface area contributed by atoms with Gasteiger partial charge in [-0.2, -0.15) is 0 Å². The van der Waals surface area contributed by atoms with Crippen molar-refractivity contribution in [1.82, 2.24) is 9.80 Å². The van der Waals surface area contributed by atoms with Gasteiger partial charge in [-0.1, -0.05) is 50.2 Å². The second-order valence-electron chi connectivity index (χ2n) is 7.06. The van der Waals surface area contributed by atoms with E-state index < -0.39 is 0 Å². The predicted octanol–water partition coefficient (Wildman–Crippen LogP) is 3.63. The number of rotatable bonds is 9. The molecule has 0 aromatic heterocycles. The van der Waals surface area contributed by atoms with Gasteiger partial charge in [-0.3, -0.25) is 9.69 Å². The Kier molecular flexibility index (Phi) is 7.25. The third-order valence-corrected chi connectivity index (χ3v) is 5.25. The lowest BCUT2D eigenvalue weighted by molar-refractivity contribution is 0.0724. The minimum Gasteiger partial charge on any atom is -0.447 e. The number of nitrogens with zero attached hydrogens (tertiary/aromatic N) is 3. The van der Waals surface area contributed by atoms with Crippen LogP contribution in [0.3, 0.4) is 0 Å². The Hall–Kier alpha value is -2.86. The average molecular weight is 396 g/mol. The number of cyclic esters (lactones) is 1. The van der Waals surface area contributed by atoms with Gasteiger partial charge in [0, 0.05) is 30.9 Å². The molecule has 154 valence electrons. The monoisotopic (exact) mass is 395 g/mol. The van der Waals surface area contributed by atoms with Gasteiger partial charge in [0.15, 0.2) is 0 Å². The highest BCUT2D eigenvalue weighted by molar-refractivity contribution is 5.97. The second kappa shape index (κ2) is 10.1. The first kappa shape index (κ1) is 20.9. The fraction of sp³-hybridized carbons (Fsp3) is 0.391. The number of carbonyl (C=O) groups excluding carboxylic acids is 2. The van der Waals surface area contributed by atoms with E-state index >= 15 is 0 Å². The molecule has 1 fully saturated rings. The molecule has 2 aromatic rings. The van der Waals surface area contributed by atoms with Crippen LogP contribution in [-0.2, 0) is 11.3 Å². The van der Waals surface area contributed by atoms with Crippen molar-refractivity contribution in [2.45, 2.75) is 20.4 Å². The summed E-state index contributed by atoms with van der Waals surface area (Å²) in [6, 6.07) is 17.3. The van der Waals surface area contributed by atoms with E-state index in [0.717, 1.165) is 25.2 Å².